The van der Waals surface area contributed by atoms with Crippen molar-refractivity contribution >= 4 is 0 Å². The lowest BCUT2D eigenvalue weighted by molar-refractivity contribution is 0.528. The van der Waals surface area contributed by atoms with Crippen LogP contribution in [0.1, 0.15) is 0 Å². The van der Waals surface area contributed by atoms with Gasteiger partial charge in [0.2, 0.25) is 0 Å². The fourth-order valence-electron chi connectivity index (χ4n) is 0.942. The van der Waals surface area contributed by atoms with E-state index in [1.807, 2.05) is 0 Å². The first-order chi connectivity index (χ1) is 5.86. The van der Waals surface area contributed by atoms with Crippen molar-refractivity contribution in [1.82, 2.24) is 9.97 Å². The molecule has 1 N–H and O–H groups in total. The number of aromatic nitrogens is 2. The zero-order valence-electron chi connectivity index (χ0n) is 6.15. The summed E-state index contributed by atoms with van der Waals surface area (Å²) < 4.78 is 4.83. The van der Waals surface area contributed by atoms with Crippen molar-refractivity contribution in [2.75, 3.05) is 0 Å². The number of hydrogen-bond acceptors (Lipinski definition) is 3. The first-order valence-electron chi connectivity index (χ1n) is 3.45. The molecule has 4 nitrogen and oxygen atoms in total. The summed E-state index contributed by atoms with van der Waals surface area (Å²) in [7, 11) is 0. The molecule has 2 aromatic rings. The average molecular weight is 162 g/mol. The maximum absolute atomic E-state index is 10.6. The third-order valence-corrected chi connectivity index (χ3v) is 1.49. The second-order valence-electron chi connectivity index (χ2n) is 2.28. The van der Waals surface area contributed by atoms with E-state index in [0.717, 1.165) is 5.56 Å². The Balaban J connectivity index is 2.51. The van der Waals surface area contributed by atoms with Crippen molar-refractivity contribution in [2.45, 2.75) is 0 Å². The molecule has 0 aromatic carbocycles. The van der Waals surface area contributed by atoms with Gasteiger partial charge >= 0.3 is 5.76 Å². The molecule has 60 valence electrons. The van der Waals surface area contributed by atoms with Crippen LogP contribution in [0.2, 0.25) is 0 Å². The van der Waals surface area contributed by atoms with Gasteiger partial charge in [-0.05, 0) is 12.1 Å². The number of nitrogens with one attached hydrogen (secondary N) is 1. The van der Waals surface area contributed by atoms with Crippen LogP contribution in [0.4, 0.5) is 0 Å². The zero-order chi connectivity index (χ0) is 8.39. The van der Waals surface area contributed by atoms with E-state index in [2.05, 4.69) is 9.97 Å². The van der Waals surface area contributed by atoms with Crippen LogP contribution in [-0.2, 0) is 0 Å². The van der Waals surface area contributed by atoms with Gasteiger partial charge in [-0.25, -0.2) is 4.79 Å². The van der Waals surface area contributed by atoms with Gasteiger partial charge in [0.15, 0.2) is 5.76 Å². The molecular formula is C8H6N2O2. The second kappa shape index (κ2) is 2.65. The predicted octanol–water partition coefficient (Wildman–Crippen LogP) is 1.03. The SMILES string of the molecule is O=c1[nH]cc(-c2ccncc2)o1. The molecule has 0 saturated carbocycles. The highest BCUT2D eigenvalue weighted by atomic mass is 16.4. The summed E-state index contributed by atoms with van der Waals surface area (Å²) in [6, 6.07) is 3.54. The Kier molecular flexibility index (Phi) is 1.51. The summed E-state index contributed by atoms with van der Waals surface area (Å²) in [5.74, 6) is 0.0872. The van der Waals surface area contributed by atoms with Gasteiger partial charge in [0.05, 0.1) is 6.20 Å². The summed E-state index contributed by atoms with van der Waals surface area (Å²) in [5.41, 5.74) is 0.836. The monoisotopic (exact) mass is 162 g/mol. The fourth-order valence-corrected chi connectivity index (χ4v) is 0.942. The molecular weight excluding hydrogens is 156 g/mol. The van der Waals surface area contributed by atoms with Gasteiger partial charge in [-0.15, -0.1) is 0 Å². The molecule has 0 spiro atoms. The van der Waals surface area contributed by atoms with Crippen molar-refractivity contribution in [3.05, 3.63) is 41.3 Å². The minimum Gasteiger partial charge on any atom is -0.408 e. The predicted molar refractivity (Wildman–Crippen MR) is 42.6 cm³/mol. The standard InChI is InChI=1S/C8H6N2O2/c11-8-10-5-7(12-8)6-1-3-9-4-2-6/h1-5H,(H,10,11). The lowest BCUT2D eigenvalue weighted by Gasteiger charge is -1.90. The Labute approximate surface area is 67.9 Å². The molecule has 0 atom stereocenters. The van der Waals surface area contributed by atoms with E-state index in [0.29, 0.717) is 5.76 Å². The van der Waals surface area contributed by atoms with Gasteiger partial charge < -0.3 is 4.42 Å². The molecule has 2 heterocycles. The number of oxazole rings is 1. The number of aromatic amines is 1. The minimum atomic E-state index is -0.443. The number of H-pyrrole nitrogens is 1. The van der Waals surface area contributed by atoms with E-state index in [1.54, 1.807) is 24.5 Å². The van der Waals surface area contributed by atoms with E-state index in [9.17, 15) is 4.79 Å². The Morgan fingerprint density at radius 3 is 2.67 bits per heavy atom. The van der Waals surface area contributed by atoms with Gasteiger partial charge in [0, 0.05) is 18.0 Å². The van der Waals surface area contributed by atoms with Gasteiger partial charge in [-0.2, -0.15) is 0 Å². The van der Waals surface area contributed by atoms with Crippen molar-refractivity contribution in [3.8, 4) is 11.3 Å². The maximum atomic E-state index is 10.6. The molecule has 0 radical (unpaired) electrons. The van der Waals surface area contributed by atoms with E-state index in [1.165, 1.54) is 6.20 Å². The van der Waals surface area contributed by atoms with Gasteiger partial charge in [-0.1, -0.05) is 0 Å². The molecule has 2 aromatic heterocycles. The van der Waals surface area contributed by atoms with Crippen LogP contribution in [0.5, 0.6) is 0 Å². The molecule has 4 heteroatoms. The molecule has 0 aliphatic carbocycles. The average Bonchev–Trinajstić information content (AvgIpc) is 2.54. The second-order valence-corrected chi connectivity index (χ2v) is 2.28. The van der Waals surface area contributed by atoms with E-state index in [4.69, 9.17) is 4.42 Å². The molecule has 0 aliphatic rings. The van der Waals surface area contributed by atoms with E-state index >= 15 is 0 Å². The molecule has 12 heavy (non-hydrogen) atoms. The Hall–Kier alpha value is -1.84. The van der Waals surface area contributed by atoms with Gasteiger partial charge in [-0.3, -0.25) is 9.97 Å². The summed E-state index contributed by atoms with van der Waals surface area (Å²) >= 11 is 0. The topological polar surface area (TPSA) is 58.9 Å². The van der Waals surface area contributed by atoms with Crippen molar-refractivity contribution < 1.29 is 4.42 Å². The summed E-state index contributed by atoms with van der Waals surface area (Å²) in [6.07, 6.45) is 4.81. The molecule has 0 saturated heterocycles. The fraction of sp³-hybridized carbons (Fsp3) is 0. The van der Waals surface area contributed by atoms with E-state index < -0.39 is 5.76 Å². The van der Waals surface area contributed by atoms with Crippen LogP contribution in [-0.4, -0.2) is 9.97 Å². The largest absolute Gasteiger partial charge is 0.416 e. The number of pyridine rings is 1. The molecule has 0 aliphatic heterocycles. The van der Waals surface area contributed by atoms with E-state index in [-0.39, 0.29) is 0 Å². The Morgan fingerprint density at radius 2 is 2.08 bits per heavy atom. The van der Waals surface area contributed by atoms with Crippen LogP contribution in [0, 0.1) is 0 Å². The number of hydrogen-bond donors (Lipinski definition) is 1. The molecule has 0 fully saturated rings. The Bertz CT molecular complexity index is 416. The molecule has 0 unspecified atom stereocenters. The number of nitrogens with zero attached hydrogens (tertiary/aromatic N) is 1. The summed E-state index contributed by atoms with van der Waals surface area (Å²) in [6.45, 7) is 0. The van der Waals surface area contributed by atoms with Gasteiger partial charge in [0.25, 0.3) is 0 Å². The first kappa shape index (κ1) is 6.84. The van der Waals surface area contributed by atoms with Gasteiger partial charge in [0.1, 0.15) is 0 Å². The zero-order valence-corrected chi connectivity index (χ0v) is 6.15. The third-order valence-electron chi connectivity index (χ3n) is 1.49. The molecule has 0 bridgehead atoms. The number of rotatable bonds is 1. The minimum absolute atomic E-state index is 0.443. The van der Waals surface area contributed by atoms with Crippen molar-refractivity contribution in [2.24, 2.45) is 0 Å². The summed E-state index contributed by atoms with van der Waals surface area (Å²) in [5, 5.41) is 0. The highest BCUT2D eigenvalue weighted by molar-refractivity contribution is 5.54. The lowest BCUT2D eigenvalue weighted by atomic mass is 10.2. The van der Waals surface area contributed by atoms with Crippen LogP contribution in [0.3, 0.4) is 0 Å². The quantitative estimate of drug-likeness (QED) is 0.681. The van der Waals surface area contributed by atoms with Crippen molar-refractivity contribution in [3.63, 3.8) is 0 Å². The van der Waals surface area contributed by atoms with Crippen LogP contribution < -0.4 is 5.76 Å². The highest BCUT2D eigenvalue weighted by Crippen LogP contribution is 2.14. The van der Waals surface area contributed by atoms with Crippen LogP contribution >= 0.6 is 0 Å². The highest BCUT2D eigenvalue weighted by Gasteiger charge is 2.00. The maximum Gasteiger partial charge on any atom is 0.416 e. The third kappa shape index (κ3) is 1.14. The summed E-state index contributed by atoms with van der Waals surface area (Å²) in [4.78, 5) is 16.9. The molecule has 0 amide bonds. The Morgan fingerprint density at radius 1 is 1.33 bits per heavy atom. The van der Waals surface area contributed by atoms with Crippen LogP contribution in [0.15, 0.2) is 39.9 Å². The normalized spacial score (nSPS) is 10.0. The smallest absolute Gasteiger partial charge is 0.408 e. The van der Waals surface area contributed by atoms with Crippen LogP contribution in [0.25, 0.3) is 11.3 Å². The van der Waals surface area contributed by atoms with Crippen molar-refractivity contribution in [1.29, 1.82) is 0 Å². The lowest BCUT2D eigenvalue weighted by Crippen LogP contribution is -1.92. The molecule has 2 rings (SSSR count). The first-order valence-corrected chi connectivity index (χ1v) is 3.45.